The number of carbonyl (C=O) groups excluding carboxylic acids is 1. The van der Waals surface area contributed by atoms with Crippen LogP contribution >= 0.6 is 0 Å². The lowest BCUT2D eigenvalue weighted by Gasteiger charge is -2.40. The SMILES string of the molecule is CC/C=C\C/C=C\C/C=C\C/C=C\C/C=C\C/C=C\C/C=C\C/C=C\C/C=C\CCCCCC(=O)NC(COC1OC(CO)C(O)C(O)C1O)C(O)/C=C/CCCCCCCCCC. The van der Waals surface area contributed by atoms with Crippen molar-refractivity contribution in [1.29, 1.82) is 0 Å². The van der Waals surface area contributed by atoms with Gasteiger partial charge in [0.05, 0.1) is 25.4 Å². The first-order valence-corrected chi connectivity index (χ1v) is 24.8. The summed E-state index contributed by atoms with van der Waals surface area (Å²) in [6.07, 6.45) is 58.3. The van der Waals surface area contributed by atoms with E-state index in [2.05, 4.69) is 129 Å². The van der Waals surface area contributed by atoms with Crippen molar-refractivity contribution in [1.82, 2.24) is 5.32 Å². The van der Waals surface area contributed by atoms with Gasteiger partial charge in [-0.05, 0) is 89.9 Å². The summed E-state index contributed by atoms with van der Waals surface area (Å²) in [7, 11) is 0. The number of carbonyl (C=O) groups is 1. The van der Waals surface area contributed by atoms with E-state index in [4.69, 9.17) is 9.47 Å². The summed E-state index contributed by atoms with van der Waals surface area (Å²) >= 11 is 0. The molecule has 7 atom stereocenters. The molecule has 1 saturated heterocycles. The summed E-state index contributed by atoms with van der Waals surface area (Å²) in [5.41, 5.74) is 0. The molecular weight excluding hydrogens is 803 g/mol. The third-order valence-electron chi connectivity index (χ3n) is 10.8. The fourth-order valence-corrected chi connectivity index (χ4v) is 6.85. The first-order chi connectivity index (χ1) is 31.3. The monoisotopic (exact) mass is 892 g/mol. The minimum absolute atomic E-state index is 0.211. The van der Waals surface area contributed by atoms with Crippen molar-refractivity contribution in [3.05, 3.63) is 122 Å². The molecule has 0 aromatic rings. The van der Waals surface area contributed by atoms with Crippen LogP contribution in [0.2, 0.25) is 0 Å². The third-order valence-corrected chi connectivity index (χ3v) is 10.8. The van der Waals surface area contributed by atoms with Crippen LogP contribution in [0.3, 0.4) is 0 Å². The molecule has 0 aliphatic carbocycles. The van der Waals surface area contributed by atoms with Crippen LogP contribution in [0.5, 0.6) is 0 Å². The van der Waals surface area contributed by atoms with Crippen molar-refractivity contribution in [2.45, 2.75) is 204 Å². The Morgan fingerprint density at radius 1 is 0.547 bits per heavy atom. The van der Waals surface area contributed by atoms with Crippen LogP contribution < -0.4 is 5.32 Å². The number of amides is 1. The Morgan fingerprint density at radius 2 is 0.969 bits per heavy atom. The highest BCUT2D eigenvalue weighted by Gasteiger charge is 2.44. The van der Waals surface area contributed by atoms with Crippen molar-refractivity contribution < 1.29 is 39.8 Å². The number of rotatable bonds is 39. The van der Waals surface area contributed by atoms with Gasteiger partial charge in [-0.2, -0.15) is 0 Å². The molecule has 9 heteroatoms. The number of hydrogen-bond donors (Lipinski definition) is 6. The van der Waals surface area contributed by atoms with Gasteiger partial charge in [0.15, 0.2) is 6.29 Å². The molecule has 0 spiro atoms. The third kappa shape index (κ3) is 33.1. The average Bonchev–Trinajstić information content (AvgIpc) is 3.29. The standard InChI is InChI=1S/C55H89NO8/c1-3-5-7-9-11-13-15-16-17-18-19-20-21-22-23-24-25-26-27-28-29-30-31-32-33-34-35-37-39-41-43-45-51(59)56-48(47-63-55-54(62)53(61)52(60)50(46-57)64-55)49(58)44-42-40-38-36-14-12-10-8-6-4-2/h5,7,11,13,16-17,19-20,22-23,25-26,28-29,31-32,34-35,42,44,48-50,52-55,57-58,60-62H,3-4,6,8-10,12,14-15,18,21,24,27,30,33,36-41,43,45-47H2,1-2H3,(H,56,59)/b7-5-,13-11-,17-16-,20-19-,23-22-,26-25-,29-28-,32-31-,35-34-,44-42+. The molecule has 0 aromatic heterocycles. The van der Waals surface area contributed by atoms with E-state index >= 15 is 0 Å². The lowest BCUT2D eigenvalue weighted by atomic mass is 9.99. The zero-order chi connectivity index (χ0) is 46.6. The minimum Gasteiger partial charge on any atom is -0.394 e. The maximum absolute atomic E-state index is 12.9. The van der Waals surface area contributed by atoms with E-state index in [0.717, 1.165) is 96.3 Å². The Bertz CT molecular complexity index is 1410. The molecule has 1 aliphatic heterocycles. The van der Waals surface area contributed by atoms with Crippen LogP contribution in [0.25, 0.3) is 0 Å². The van der Waals surface area contributed by atoms with Gasteiger partial charge >= 0.3 is 0 Å². The fourth-order valence-electron chi connectivity index (χ4n) is 6.85. The molecule has 1 amide bonds. The molecule has 7 unspecified atom stereocenters. The van der Waals surface area contributed by atoms with Crippen LogP contribution in [-0.2, 0) is 14.3 Å². The van der Waals surface area contributed by atoms with Crippen LogP contribution in [0.15, 0.2) is 122 Å². The lowest BCUT2D eigenvalue weighted by Crippen LogP contribution is -2.60. The molecule has 0 aromatic carbocycles. The molecule has 0 bridgehead atoms. The van der Waals surface area contributed by atoms with Crippen molar-refractivity contribution in [2.75, 3.05) is 13.2 Å². The summed E-state index contributed by atoms with van der Waals surface area (Å²) in [5.74, 6) is -0.218. The Labute approximate surface area is 388 Å². The smallest absolute Gasteiger partial charge is 0.220 e. The molecule has 1 rings (SSSR count). The molecule has 9 nitrogen and oxygen atoms in total. The Balaban J connectivity index is 2.28. The Morgan fingerprint density at radius 3 is 1.44 bits per heavy atom. The topological polar surface area (TPSA) is 149 Å². The maximum atomic E-state index is 12.9. The van der Waals surface area contributed by atoms with E-state index in [-0.39, 0.29) is 12.5 Å². The van der Waals surface area contributed by atoms with Crippen LogP contribution in [0.1, 0.15) is 162 Å². The highest BCUT2D eigenvalue weighted by molar-refractivity contribution is 5.76. The molecule has 1 aliphatic rings. The van der Waals surface area contributed by atoms with Crippen molar-refractivity contribution in [3.8, 4) is 0 Å². The van der Waals surface area contributed by atoms with Gasteiger partial charge < -0.3 is 40.3 Å². The first kappa shape index (κ1) is 58.6. The van der Waals surface area contributed by atoms with Gasteiger partial charge in [0.25, 0.3) is 0 Å². The molecule has 0 saturated carbocycles. The molecule has 1 heterocycles. The number of unbranched alkanes of at least 4 members (excludes halogenated alkanes) is 11. The second-order valence-electron chi connectivity index (χ2n) is 16.5. The lowest BCUT2D eigenvalue weighted by molar-refractivity contribution is -0.302. The summed E-state index contributed by atoms with van der Waals surface area (Å²) in [6, 6.07) is -0.830. The second kappa shape index (κ2) is 43.5. The first-order valence-electron chi connectivity index (χ1n) is 24.8. The van der Waals surface area contributed by atoms with Gasteiger partial charge in [0.1, 0.15) is 24.4 Å². The zero-order valence-electron chi connectivity index (χ0n) is 39.7. The number of ether oxygens (including phenoxy) is 2. The van der Waals surface area contributed by atoms with E-state index in [1.807, 2.05) is 6.08 Å². The van der Waals surface area contributed by atoms with E-state index in [1.165, 1.54) is 38.5 Å². The minimum atomic E-state index is -1.58. The van der Waals surface area contributed by atoms with Crippen LogP contribution in [0.4, 0.5) is 0 Å². The fraction of sp³-hybridized carbons (Fsp3) is 0.618. The molecule has 1 fully saturated rings. The van der Waals surface area contributed by atoms with Gasteiger partial charge in [-0.15, -0.1) is 0 Å². The van der Waals surface area contributed by atoms with E-state index in [0.29, 0.717) is 12.8 Å². The quantitative estimate of drug-likeness (QED) is 0.0264. The van der Waals surface area contributed by atoms with Crippen LogP contribution in [0, 0.1) is 0 Å². The largest absolute Gasteiger partial charge is 0.394 e. The normalized spacial score (nSPS) is 21.1. The maximum Gasteiger partial charge on any atom is 0.220 e. The molecule has 362 valence electrons. The Hall–Kier alpha value is -3.41. The van der Waals surface area contributed by atoms with Gasteiger partial charge in [-0.3, -0.25) is 4.79 Å². The zero-order valence-corrected chi connectivity index (χ0v) is 39.7. The van der Waals surface area contributed by atoms with Gasteiger partial charge in [-0.25, -0.2) is 0 Å². The summed E-state index contributed by atoms with van der Waals surface area (Å²) < 4.78 is 11.2. The number of hydrogen-bond acceptors (Lipinski definition) is 8. The highest BCUT2D eigenvalue weighted by Crippen LogP contribution is 2.22. The van der Waals surface area contributed by atoms with E-state index in [9.17, 15) is 30.3 Å². The highest BCUT2D eigenvalue weighted by atomic mass is 16.7. The number of nitrogens with one attached hydrogen (secondary N) is 1. The molecular formula is C55H89NO8. The Kier molecular flexibility index (Phi) is 39.8. The van der Waals surface area contributed by atoms with Gasteiger partial charge in [0, 0.05) is 6.42 Å². The van der Waals surface area contributed by atoms with Crippen molar-refractivity contribution in [3.63, 3.8) is 0 Å². The van der Waals surface area contributed by atoms with Crippen LogP contribution in [-0.4, -0.2) is 87.5 Å². The summed E-state index contributed by atoms with van der Waals surface area (Å²) in [6.45, 7) is 3.59. The predicted molar refractivity (Wildman–Crippen MR) is 267 cm³/mol. The predicted octanol–water partition coefficient (Wildman–Crippen LogP) is 11.2. The molecule has 64 heavy (non-hydrogen) atoms. The molecule has 0 radical (unpaired) electrons. The van der Waals surface area contributed by atoms with Crippen molar-refractivity contribution >= 4 is 5.91 Å². The number of allylic oxidation sites excluding steroid dienone is 19. The molecule has 6 N–H and O–H groups in total. The second-order valence-corrected chi connectivity index (χ2v) is 16.5. The summed E-state index contributed by atoms with van der Waals surface area (Å²) in [4.78, 5) is 12.9. The summed E-state index contributed by atoms with van der Waals surface area (Å²) in [5, 5.41) is 54.1. The van der Waals surface area contributed by atoms with Gasteiger partial charge in [-0.1, -0.05) is 187 Å². The number of aliphatic hydroxyl groups excluding tert-OH is 5. The van der Waals surface area contributed by atoms with Gasteiger partial charge in [0.2, 0.25) is 5.91 Å². The average molecular weight is 892 g/mol. The van der Waals surface area contributed by atoms with Crippen molar-refractivity contribution in [2.24, 2.45) is 0 Å². The van der Waals surface area contributed by atoms with E-state index in [1.54, 1.807) is 6.08 Å². The number of aliphatic hydroxyl groups is 5. The van der Waals surface area contributed by atoms with E-state index < -0.39 is 49.5 Å².